The summed E-state index contributed by atoms with van der Waals surface area (Å²) in [6, 6.07) is 5.22. The molecule has 0 aromatic heterocycles. The van der Waals surface area contributed by atoms with Gasteiger partial charge >= 0.3 is 5.97 Å². The highest BCUT2D eigenvalue weighted by Gasteiger charge is 2.30. The number of amides is 1. The maximum atomic E-state index is 12.1. The van der Waals surface area contributed by atoms with Gasteiger partial charge in [0, 0.05) is 11.6 Å². The van der Waals surface area contributed by atoms with E-state index in [0.717, 1.165) is 0 Å². The van der Waals surface area contributed by atoms with Crippen LogP contribution in [0.1, 0.15) is 38.1 Å². The first-order valence-corrected chi connectivity index (χ1v) is 8.51. The van der Waals surface area contributed by atoms with Crippen molar-refractivity contribution in [3.63, 3.8) is 0 Å². The average Bonchev–Trinajstić information content (AvgIpc) is 2.44. The molecule has 1 rings (SSSR count). The SMILES string of the molecule is COC(=O)C(C)(C)NC(=O)c1ccc(S(=O)(=O)NC(C)C)cc1. The topological polar surface area (TPSA) is 102 Å². The summed E-state index contributed by atoms with van der Waals surface area (Å²) in [5.74, 6) is -1.08. The lowest BCUT2D eigenvalue weighted by atomic mass is 10.1. The zero-order valence-electron chi connectivity index (χ0n) is 13.8. The van der Waals surface area contributed by atoms with Crippen LogP contribution < -0.4 is 10.0 Å². The second-order valence-electron chi connectivity index (χ2n) is 5.87. The number of rotatable bonds is 6. The molecule has 1 aromatic rings. The van der Waals surface area contributed by atoms with Crippen molar-refractivity contribution >= 4 is 21.9 Å². The van der Waals surface area contributed by atoms with Crippen molar-refractivity contribution in [3.8, 4) is 0 Å². The van der Waals surface area contributed by atoms with Gasteiger partial charge in [-0.05, 0) is 52.0 Å². The third-order valence-corrected chi connectivity index (χ3v) is 4.61. The minimum Gasteiger partial charge on any atom is -0.467 e. The number of carbonyl (C=O) groups excluding carboxylic acids is 2. The van der Waals surface area contributed by atoms with Crippen LogP contribution in [0, 0.1) is 0 Å². The van der Waals surface area contributed by atoms with E-state index in [1.165, 1.54) is 45.2 Å². The van der Waals surface area contributed by atoms with Gasteiger partial charge in [0.1, 0.15) is 5.54 Å². The van der Waals surface area contributed by atoms with Gasteiger partial charge in [0.2, 0.25) is 10.0 Å². The first-order valence-electron chi connectivity index (χ1n) is 7.03. The number of esters is 1. The van der Waals surface area contributed by atoms with E-state index in [9.17, 15) is 18.0 Å². The molecular formula is C15H22N2O5S. The predicted octanol–water partition coefficient (Wildman–Crippen LogP) is 1.05. The quantitative estimate of drug-likeness (QED) is 0.753. The lowest BCUT2D eigenvalue weighted by molar-refractivity contribution is -0.146. The molecule has 0 radical (unpaired) electrons. The second-order valence-corrected chi connectivity index (χ2v) is 7.59. The molecule has 0 unspecified atom stereocenters. The van der Waals surface area contributed by atoms with Gasteiger partial charge in [-0.3, -0.25) is 4.79 Å². The van der Waals surface area contributed by atoms with Crippen LogP contribution in [0.15, 0.2) is 29.2 Å². The molecule has 0 saturated carbocycles. The summed E-state index contributed by atoms with van der Waals surface area (Å²) in [6.07, 6.45) is 0. The number of carbonyl (C=O) groups is 2. The highest BCUT2D eigenvalue weighted by atomic mass is 32.2. The molecule has 8 heteroatoms. The number of nitrogens with one attached hydrogen (secondary N) is 2. The Bertz CT molecular complexity index is 678. The maximum absolute atomic E-state index is 12.1. The van der Waals surface area contributed by atoms with Crippen LogP contribution in [0.5, 0.6) is 0 Å². The highest BCUT2D eigenvalue weighted by molar-refractivity contribution is 7.89. The Hall–Kier alpha value is -1.93. The Labute approximate surface area is 136 Å². The van der Waals surface area contributed by atoms with Crippen LogP contribution >= 0.6 is 0 Å². The molecule has 0 aliphatic rings. The van der Waals surface area contributed by atoms with Crippen molar-refractivity contribution < 1.29 is 22.7 Å². The molecule has 2 N–H and O–H groups in total. The molecule has 1 aromatic carbocycles. The fraction of sp³-hybridized carbons (Fsp3) is 0.467. The van der Waals surface area contributed by atoms with E-state index in [4.69, 9.17) is 0 Å². The van der Waals surface area contributed by atoms with Crippen molar-refractivity contribution in [2.75, 3.05) is 7.11 Å². The number of benzene rings is 1. The van der Waals surface area contributed by atoms with E-state index >= 15 is 0 Å². The van der Waals surface area contributed by atoms with E-state index in [0.29, 0.717) is 0 Å². The zero-order chi connectivity index (χ0) is 17.8. The van der Waals surface area contributed by atoms with E-state index in [1.54, 1.807) is 13.8 Å². The summed E-state index contributed by atoms with van der Waals surface area (Å²) in [5, 5.41) is 2.54. The van der Waals surface area contributed by atoms with Crippen molar-refractivity contribution in [1.82, 2.24) is 10.0 Å². The smallest absolute Gasteiger partial charge is 0.330 e. The molecule has 0 atom stereocenters. The van der Waals surface area contributed by atoms with E-state index in [2.05, 4.69) is 14.8 Å². The molecule has 1 amide bonds. The Morgan fingerprint density at radius 1 is 1.13 bits per heavy atom. The summed E-state index contributed by atoms with van der Waals surface area (Å²) < 4.78 is 31.1. The molecule has 0 aliphatic heterocycles. The Morgan fingerprint density at radius 3 is 2.09 bits per heavy atom. The predicted molar refractivity (Wildman–Crippen MR) is 85.5 cm³/mol. The molecule has 128 valence electrons. The Morgan fingerprint density at radius 2 is 1.65 bits per heavy atom. The molecule has 0 aliphatic carbocycles. The summed E-state index contributed by atoms with van der Waals surface area (Å²) in [4.78, 5) is 23.8. The number of methoxy groups -OCH3 is 1. The van der Waals surface area contributed by atoms with E-state index in [-0.39, 0.29) is 16.5 Å². The van der Waals surface area contributed by atoms with E-state index < -0.39 is 27.4 Å². The molecule has 0 heterocycles. The zero-order valence-corrected chi connectivity index (χ0v) is 14.7. The number of hydrogen-bond acceptors (Lipinski definition) is 5. The first-order chi connectivity index (χ1) is 10.5. The summed E-state index contributed by atoms with van der Waals surface area (Å²) in [5.41, 5.74) is -0.944. The molecule has 0 fully saturated rings. The largest absolute Gasteiger partial charge is 0.467 e. The van der Waals surface area contributed by atoms with Crippen molar-refractivity contribution in [2.45, 2.75) is 44.2 Å². The van der Waals surface area contributed by atoms with Crippen LogP contribution in [-0.4, -0.2) is 39.0 Å². The summed E-state index contributed by atoms with van der Waals surface area (Å²) >= 11 is 0. The standard InChI is InChI=1S/C15H22N2O5S/c1-10(2)17-23(20,21)12-8-6-11(7-9-12)13(18)16-15(3,4)14(19)22-5/h6-10,17H,1-5H3,(H,16,18). The van der Waals surface area contributed by atoms with Crippen LogP contribution in [0.2, 0.25) is 0 Å². The lowest BCUT2D eigenvalue weighted by Gasteiger charge is -2.23. The molecular weight excluding hydrogens is 320 g/mol. The number of sulfonamides is 1. The minimum absolute atomic E-state index is 0.0648. The molecule has 7 nitrogen and oxygen atoms in total. The van der Waals surface area contributed by atoms with Crippen LogP contribution in [0.3, 0.4) is 0 Å². The van der Waals surface area contributed by atoms with Gasteiger partial charge in [-0.15, -0.1) is 0 Å². The number of hydrogen-bond donors (Lipinski definition) is 2. The minimum atomic E-state index is -3.61. The van der Waals surface area contributed by atoms with Crippen LogP contribution in [-0.2, 0) is 19.6 Å². The van der Waals surface area contributed by atoms with Gasteiger partial charge < -0.3 is 10.1 Å². The Kier molecular flexibility index (Phi) is 5.90. The van der Waals surface area contributed by atoms with Crippen molar-refractivity contribution in [1.29, 1.82) is 0 Å². The fourth-order valence-electron chi connectivity index (χ4n) is 1.83. The Balaban J connectivity index is 2.93. The normalized spacial score (nSPS) is 12.1. The monoisotopic (exact) mass is 342 g/mol. The molecule has 0 saturated heterocycles. The second kappa shape index (κ2) is 7.10. The number of ether oxygens (including phenoxy) is 1. The lowest BCUT2D eigenvalue weighted by Crippen LogP contribution is -2.50. The van der Waals surface area contributed by atoms with Gasteiger partial charge in [-0.1, -0.05) is 0 Å². The summed E-state index contributed by atoms with van der Waals surface area (Å²) in [7, 11) is -2.38. The van der Waals surface area contributed by atoms with Gasteiger partial charge in [0.15, 0.2) is 0 Å². The molecule has 23 heavy (non-hydrogen) atoms. The highest BCUT2D eigenvalue weighted by Crippen LogP contribution is 2.13. The van der Waals surface area contributed by atoms with E-state index in [1.807, 2.05) is 0 Å². The van der Waals surface area contributed by atoms with Gasteiger partial charge in [0.05, 0.1) is 12.0 Å². The summed E-state index contributed by atoms with van der Waals surface area (Å²) in [6.45, 7) is 6.47. The van der Waals surface area contributed by atoms with Crippen LogP contribution in [0.25, 0.3) is 0 Å². The molecule has 0 spiro atoms. The third-order valence-electron chi connectivity index (χ3n) is 2.94. The average molecular weight is 342 g/mol. The van der Waals surface area contributed by atoms with Gasteiger partial charge in [-0.2, -0.15) is 0 Å². The van der Waals surface area contributed by atoms with Gasteiger partial charge in [0.25, 0.3) is 5.91 Å². The first kappa shape index (κ1) is 19.1. The maximum Gasteiger partial charge on any atom is 0.330 e. The molecule has 0 bridgehead atoms. The van der Waals surface area contributed by atoms with Gasteiger partial charge in [-0.25, -0.2) is 17.9 Å². The van der Waals surface area contributed by atoms with Crippen molar-refractivity contribution in [3.05, 3.63) is 29.8 Å². The van der Waals surface area contributed by atoms with Crippen LogP contribution in [0.4, 0.5) is 0 Å². The van der Waals surface area contributed by atoms with Crippen molar-refractivity contribution in [2.24, 2.45) is 0 Å². The third kappa shape index (κ3) is 5.04. The fourth-order valence-corrected chi connectivity index (χ4v) is 3.08.